The van der Waals surface area contributed by atoms with Crippen LogP contribution in [0.5, 0.6) is 0 Å². The highest BCUT2D eigenvalue weighted by atomic mass is 35.6. The highest BCUT2D eigenvalue weighted by Crippen LogP contribution is 2.33. The van der Waals surface area contributed by atoms with Crippen molar-refractivity contribution in [3.63, 3.8) is 0 Å². The van der Waals surface area contributed by atoms with Crippen molar-refractivity contribution >= 4 is 25.6 Å². The first kappa shape index (κ1) is 11.7. The van der Waals surface area contributed by atoms with Crippen LogP contribution in [0.1, 0.15) is 20.8 Å². The Bertz CT molecular complexity index is 105. The number of halogens is 1. The smallest absolute Gasteiger partial charge is 0.141 e. The van der Waals surface area contributed by atoms with E-state index in [-0.39, 0.29) is 0 Å². The molecule has 0 saturated heterocycles. The molecule has 0 atom stereocenters. The largest absolute Gasteiger partial charge is 0.171 e. The van der Waals surface area contributed by atoms with Gasteiger partial charge in [-0.15, -0.1) is 0 Å². The first-order chi connectivity index (χ1) is 4.93. The van der Waals surface area contributed by atoms with E-state index in [0.29, 0.717) is 0 Å². The van der Waals surface area contributed by atoms with Crippen molar-refractivity contribution in [3.05, 3.63) is 0 Å². The van der Waals surface area contributed by atoms with Crippen LogP contribution in [0.25, 0.3) is 0 Å². The maximum absolute atomic E-state index is 6.56. The van der Waals surface area contributed by atoms with Gasteiger partial charge in [-0.1, -0.05) is 52.0 Å². The molecule has 0 aromatic rings. The lowest BCUT2D eigenvalue weighted by molar-refractivity contribution is 1.21. The molecule has 0 aliphatic carbocycles. The van der Waals surface area contributed by atoms with Crippen LogP contribution in [-0.2, 0) is 0 Å². The third-order valence-corrected chi connectivity index (χ3v) is 24.2. The minimum Gasteiger partial charge on any atom is -0.171 e. The van der Waals surface area contributed by atoms with E-state index in [1.165, 1.54) is 18.1 Å². The molecule has 3 heteroatoms. The molecule has 68 valence electrons. The summed E-state index contributed by atoms with van der Waals surface area (Å²) in [5, 5.41) is 0. The summed E-state index contributed by atoms with van der Waals surface area (Å²) in [6, 6.07) is 4.13. The standard InChI is InChI=1S/C8H21ClSi2/c1-6-11(7-2,8-3)10(4,5)9/h6-8H2,1-5H3. The van der Waals surface area contributed by atoms with Crippen LogP contribution in [-0.4, -0.2) is 14.5 Å². The lowest BCUT2D eigenvalue weighted by Gasteiger charge is -2.37. The van der Waals surface area contributed by atoms with Crippen molar-refractivity contribution in [1.82, 2.24) is 0 Å². The second kappa shape index (κ2) is 4.10. The normalized spacial score (nSPS) is 13.6. The molecule has 0 aliphatic rings. The zero-order valence-electron chi connectivity index (χ0n) is 8.50. The van der Waals surface area contributed by atoms with E-state index < -0.39 is 14.5 Å². The molecular formula is C8H21ClSi2. The van der Waals surface area contributed by atoms with E-state index in [1.807, 2.05) is 0 Å². The third-order valence-electron chi connectivity index (χ3n) is 3.29. The SMILES string of the molecule is CC[Si](CC)(CC)[Si](C)(C)Cl. The van der Waals surface area contributed by atoms with Gasteiger partial charge in [-0.2, -0.15) is 11.1 Å². The van der Waals surface area contributed by atoms with Gasteiger partial charge in [-0.3, -0.25) is 0 Å². The fourth-order valence-electron chi connectivity index (χ4n) is 2.01. The molecule has 0 aromatic heterocycles. The Morgan fingerprint density at radius 2 is 1.18 bits per heavy atom. The van der Waals surface area contributed by atoms with E-state index in [0.717, 1.165) is 0 Å². The molecule has 0 rings (SSSR count). The lowest BCUT2D eigenvalue weighted by atomic mass is 10.9. The Morgan fingerprint density at radius 3 is 1.18 bits per heavy atom. The fourth-order valence-corrected chi connectivity index (χ4v) is 17.2. The Balaban J connectivity index is 4.54. The van der Waals surface area contributed by atoms with Crippen LogP contribution >= 0.6 is 11.1 Å². The fraction of sp³-hybridized carbons (Fsp3) is 1.00. The molecule has 0 amide bonds. The average molecular weight is 209 g/mol. The second-order valence-electron chi connectivity index (χ2n) is 3.81. The maximum Gasteiger partial charge on any atom is 0.141 e. The van der Waals surface area contributed by atoms with Gasteiger partial charge in [0, 0.05) is 0 Å². The Morgan fingerprint density at radius 1 is 0.909 bits per heavy atom. The van der Waals surface area contributed by atoms with Gasteiger partial charge < -0.3 is 0 Å². The van der Waals surface area contributed by atoms with E-state index in [1.54, 1.807) is 0 Å². The number of hydrogen-bond donors (Lipinski definition) is 0. The monoisotopic (exact) mass is 208 g/mol. The molecule has 0 aliphatic heterocycles. The topological polar surface area (TPSA) is 0 Å². The lowest BCUT2D eigenvalue weighted by Crippen LogP contribution is -2.53. The van der Waals surface area contributed by atoms with Crippen molar-refractivity contribution in [3.8, 4) is 0 Å². The molecule has 0 unspecified atom stereocenters. The van der Waals surface area contributed by atoms with Gasteiger partial charge >= 0.3 is 0 Å². The van der Waals surface area contributed by atoms with Crippen molar-refractivity contribution < 1.29 is 0 Å². The second-order valence-corrected chi connectivity index (χ2v) is 22.2. The maximum atomic E-state index is 6.56. The molecule has 0 heterocycles. The average Bonchev–Trinajstić information content (AvgIpc) is 1.90. The van der Waals surface area contributed by atoms with Crippen LogP contribution in [0.4, 0.5) is 0 Å². The van der Waals surface area contributed by atoms with Crippen molar-refractivity contribution in [2.45, 2.75) is 52.0 Å². The van der Waals surface area contributed by atoms with Crippen molar-refractivity contribution in [1.29, 1.82) is 0 Å². The molecule has 11 heavy (non-hydrogen) atoms. The summed E-state index contributed by atoms with van der Waals surface area (Å²) in [6.07, 6.45) is 0. The van der Waals surface area contributed by atoms with Gasteiger partial charge in [0.1, 0.15) is 6.90 Å². The molecule has 0 aromatic carbocycles. The minimum atomic E-state index is -1.33. The molecule has 0 N–H and O–H groups in total. The van der Waals surface area contributed by atoms with Gasteiger partial charge in [-0.05, 0) is 0 Å². The summed E-state index contributed by atoms with van der Waals surface area (Å²) >= 11 is 6.56. The molecule has 0 nitrogen and oxygen atoms in total. The molecule has 0 saturated carbocycles. The summed E-state index contributed by atoms with van der Waals surface area (Å²) < 4.78 is 0. The molecule has 0 bridgehead atoms. The van der Waals surface area contributed by atoms with Crippen LogP contribution in [0.3, 0.4) is 0 Å². The summed E-state index contributed by atoms with van der Waals surface area (Å²) in [4.78, 5) is 0. The first-order valence-corrected chi connectivity index (χ1v) is 12.3. The van der Waals surface area contributed by atoms with Gasteiger partial charge in [0.25, 0.3) is 0 Å². The van der Waals surface area contributed by atoms with Crippen LogP contribution in [0, 0.1) is 0 Å². The van der Waals surface area contributed by atoms with E-state index in [2.05, 4.69) is 33.9 Å². The van der Waals surface area contributed by atoms with E-state index in [4.69, 9.17) is 11.1 Å². The Hall–Kier alpha value is 0.724. The zero-order valence-corrected chi connectivity index (χ0v) is 11.3. The first-order valence-electron chi connectivity index (χ1n) is 4.62. The number of hydrogen-bond acceptors (Lipinski definition) is 0. The van der Waals surface area contributed by atoms with E-state index >= 15 is 0 Å². The third kappa shape index (κ3) is 2.33. The minimum absolute atomic E-state index is 1.01. The zero-order chi connectivity index (χ0) is 9.12. The summed E-state index contributed by atoms with van der Waals surface area (Å²) in [6.45, 7) is 10.3. The van der Waals surface area contributed by atoms with Crippen LogP contribution < -0.4 is 0 Å². The highest BCUT2D eigenvalue weighted by Gasteiger charge is 2.43. The van der Waals surface area contributed by atoms with Gasteiger partial charge in [0.15, 0.2) is 0 Å². The predicted octanol–water partition coefficient (Wildman–Crippen LogP) is 4.02. The van der Waals surface area contributed by atoms with Gasteiger partial charge in [0.05, 0.1) is 7.59 Å². The Labute approximate surface area is 77.9 Å². The quantitative estimate of drug-likeness (QED) is 0.484. The van der Waals surface area contributed by atoms with Crippen molar-refractivity contribution in [2.24, 2.45) is 0 Å². The summed E-state index contributed by atoms with van der Waals surface area (Å²) in [5.41, 5.74) is 0. The predicted molar refractivity (Wildman–Crippen MR) is 60.5 cm³/mol. The number of rotatable bonds is 4. The Kier molecular flexibility index (Phi) is 4.37. The van der Waals surface area contributed by atoms with Crippen molar-refractivity contribution in [2.75, 3.05) is 0 Å². The van der Waals surface area contributed by atoms with Crippen LogP contribution in [0.15, 0.2) is 0 Å². The molecule has 0 spiro atoms. The highest BCUT2D eigenvalue weighted by molar-refractivity contribution is 7.58. The van der Waals surface area contributed by atoms with E-state index in [9.17, 15) is 0 Å². The van der Waals surface area contributed by atoms with Gasteiger partial charge in [-0.25, -0.2) is 0 Å². The molecular weight excluding hydrogens is 188 g/mol. The molecule has 0 radical (unpaired) electrons. The summed E-state index contributed by atoms with van der Waals surface area (Å²) in [7, 11) is -1.01. The molecule has 0 fully saturated rings. The van der Waals surface area contributed by atoms with Gasteiger partial charge in [0.2, 0.25) is 0 Å². The van der Waals surface area contributed by atoms with Crippen LogP contribution in [0.2, 0.25) is 31.2 Å². The summed E-state index contributed by atoms with van der Waals surface area (Å²) in [5.74, 6) is 0.